The molecular weight excluding hydrogens is 352 g/mol. The van der Waals surface area contributed by atoms with E-state index in [1.165, 1.54) is 6.33 Å². The van der Waals surface area contributed by atoms with Crippen molar-refractivity contribution in [2.24, 2.45) is 0 Å². The Balaban J connectivity index is 1.43. The zero-order chi connectivity index (χ0) is 18.9. The number of hydrogen-bond donors (Lipinski definition) is 1. The maximum Gasteiger partial charge on any atom is 0.226 e. The maximum atomic E-state index is 12.7. The lowest BCUT2D eigenvalue weighted by molar-refractivity contribution is -0.116. The Morgan fingerprint density at radius 3 is 2.71 bits per heavy atom. The number of aromatic nitrogens is 3. The van der Waals surface area contributed by atoms with Crippen LogP contribution in [0.5, 0.6) is 5.75 Å². The number of allylic oxidation sites excluding steroid dienone is 2. The largest absolute Gasteiger partial charge is 0.489 e. The predicted molar refractivity (Wildman–Crippen MR) is 105 cm³/mol. The van der Waals surface area contributed by atoms with Gasteiger partial charge in [-0.2, -0.15) is 10.1 Å². The zero-order valence-corrected chi connectivity index (χ0v) is 15.3. The van der Waals surface area contributed by atoms with E-state index in [-0.39, 0.29) is 11.8 Å². The monoisotopic (exact) mass is 372 g/mol. The zero-order valence-electron chi connectivity index (χ0n) is 15.3. The normalized spacial score (nSPS) is 18.3. The minimum Gasteiger partial charge on any atom is -0.489 e. The van der Waals surface area contributed by atoms with Gasteiger partial charge in [0.1, 0.15) is 24.7 Å². The summed E-state index contributed by atoms with van der Waals surface area (Å²) in [4.78, 5) is 17.0. The standard InChI is InChI=1S/C22H20N4O2/c27-19-8-4-7-18-20(19)21(26-22(25-18)23-14-24-26)16-9-11-17(12-10-16)28-13-15-5-2-1-3-6-15/h1-3,5-6,9-12,14,21H,4,7-8,13H2,(H,23,24,25). The van der Waals surface area contributed by atoms with Gasteiger partial charge in [0.05, 0.1) is 0 Å². The van der Waals surface area contributed by atoms with Crippen molar-refractivity contribution in [2.75, 3.05) is 5.32 Å². The van der Waals surface area contributed by atoms with Crippen molar-refractivity contribution >= 4 is 11.7 Å². The van der Waals surface area contributed by atoms with Gasteiger partial charge in [-0.05, 0) is 36.1 Å². The number of fused-ring (bicyclic) bond motifs is 1. The first-order valence-corrected chi connectivity index (χ1v) is 9.49. The van der Waals surface area contributed by atoms with Gasteiger partial charge >= 0.3 is 0 Å². The van der Waals surface area contributed by atoms with Crippen molar-refractivity contribution in [1.29, 1.82) is 0 Å². The SMILES string of the molecule is O=C1CCCC2=C1C(c1ccc(OCc3ccccc3)cc1)n1ncnc1N2. The van der Waals surface area contributed by atoms with E-state index in [0.29, 0.717) is 19.0 Å². The molecule has 2 aliphatic rings. The van der Waals surface area contributed by atoms with Gasteiger partial charge in [0.25, 0.3) is 0 Å². The summed E-state index contributed by atoms with van der Waals surface area (Å²) in [5, 5.41) is 7.65. The van der Waals surface area contributed by atoms with Gasteiger partial charge in [-0.1, -0.05) is 42.5 Å². The predicted octanol–water partition coefficient (Wildman–Crippen LogP) is 3.88. The minimum atomic E-state index is -0.246. The number of ketones is 1. The smallest absolute Gasteiger partial charge is 0.226 e. The number of carbonyl (C=O) groups is 1. The van der Waals surface area contributed by atoms with Gasteiger partial charge in [-0.15, -0.1) is 0 Å². The molecule has 6 heteroatoms. The molecule has 28 heavy (non-hydrogen) atoms. The third kappa shape index (κ3) is 2.97. The van der Waals surface area contributed by atoms with Crippen molar-refractivity contribution < 1.29 is 9.53 Å². The highest BCUT2D eigenvalue weighted by Gasteiger charge is 2.35. The first-order chi connectivity index (χ1) is 13.8. The van der Waals surface area contributed by atoms with Gasteiger partial charge in [-0.3, -0.25) is 4.79 Å². The van der Waals surface area contributed by atoms with Crippen LogP contribution in [0.2, 0.25) is 0 Å². The van der Waals surface area contributed by atoms with E-state index in [0.717, 1.165) is 41.0 Å². The molecule has 0 saturated heterocycles. The molecule has 140 valence electrons. The Kier molecular flexibility index (Phi) is 4.16. The summed E-state index contributed by atoms with van der Waals surface area (Å²) in [6.07, 6.45) is 3.84. The van der Waals surface area contributed by atoms with E-state index in [4.69, 9.17) is 4.74 Å². The first-order valence-electron chi connectivity index (χ1n) is 9.49. The van der Waals surface area contributed by atoms with E-state index >= 15 is 0 Å². The fourth-order valence-corrected chi connectivity index (χ4v) is 3.89. The molecule has 0 radical (unpaired) electrons. The first kappa shape index (κ1) is 16.7. The molecule has 3 aromatic rings. The summed E-state index contributed by atoms with van der Waals surface area (Å²) in [6, 6.07) is 17.7. The second kappa shape index (κ2) is 6.96. The Bertz CT molecular complexity index is 1040. The number of nitrogens with one attached hydrogen (secondary N) is 1. The fraction of sp³-hybridized carbons (Fsp3) is 0.227. The van der Waals surface area contributed by atoms with Gasteiger partial charge in [0, 0.05) is 17.7 Å². The fourth-order valence-electron chi connectivity index (χ4n) is 3.89. The van der Waals surface area contributed by atoms with Crippen LogP contribution in [-0.2, 0) is 11.4 Å². The minimum absolute atomic E-state index is 0.185. The van der Waals surface area contributed by atoms with E-state index in [1.807, 2.05) is 54.6 Å². The van der Waals surface area contributed by atoms with Crippen LogP contribution in [0, 0.1) is 0 Å². The van der Waals surface area contributed by atoms with Gasteiger partial charge < -0.3 is 10.1 Å². The molecule has 1 unspecified atom stereocenters. The van der Waals surface area contributed by atoms with Crippen LogP contribution < -0.4 is 10.1 Å². The number of Topliss-reactive ketones (excluding diaryl/α,β-unsaturated/α-hetero) is 1. The average Bonchev–Trinajstić information content (AvgIpc) is 3.20. The number of benzene rings is 2. The van der Waals surface area contributed by atoms with Crippen LogP contribution in [0.3, 0.4) is 0 Å². The molecule has 1 N–H and O–H groups in total. The number of carbonyl (C=O) groups excluding carboxylic acids is 1. The summed E-state index contributed by atoms with van der Waals surface area (Å²) in [5.41, 5.74) is 3.91. The van der Waals surface area contributed by atoms with Crippen LogP contribution in [0.4, 0.5) is 5.95 Å². The molecule has 2 aromatic carbocycles. The van der Waals surface area contributed by atoms with Gasteiger partial charge in [-0.25, -0.2) is 4.68 Å². The van der Waals surface area contributed by atoms with E-state index < -0.39 is 0 Å². The maximum absolute atomic E-state index is 12.7. The van der Waals surface area contributed by atoms with Crippen LogP contribution in [0.1, 0.15) is 36.4 Å². The number of anilines is 1. The summed E-state index contributed by atoms with van der Waals surface area (Å²) < 4.78 is 7.68. The van der Waals surface area contributed by atoms with Crippen molar-refractivity contribution in [3.05, 3.63) is 83.3 Å². The number of nitrogens with zero attached hydrogens (tertiary/aromatic N) is 3. The van der Waals surface area contributed by atoms with Crippen LogP contribution in [0.15, 0.2) is 72.2 Å². The summed E-state index contributed by atoms with van der Waals surface area (Å²) in [5.74, 6) is 1.66. The molecule has 5 rings (SSSR count). The molecule has 1 aliphatic heterocycles. The third-order valence-electron chi connectivity index (χ3n) is 5.25. The third-order valence-corrected chi connectivity index (χ3v) is 5.25. The second-order valence-electron chi connectivity index (χ2n) is 7.07. The van der Waals surface area contributed by atoms with Crippen LogP contribution in [-0.4, -0.2) is 20.5 Å². The van der Waals surface area contributed by atoms with Gasteiger partial charge in [0.15, 0.2) is 5.78 Å². The topological polar surface area (TPSA) is 69.0 Å². The Morgan fingerprint density at radius 1 is 1.07 bits per heavy atom. The lowest BCUT2D eigenvalue weighted by Crippen LogP contribution is -2.31. The average molecular weight is 372 g/mol. The molecular formula is C22H20N4O2. The van der Waals surface area contributed by atoms with E-state index in [1.54, 1.807) is 4.68 Å². The summed E-state index contributed by atoms with van der Waals surface area (Å²) in [6.45, 7) is 0.522. The Labute approximate surface area is 162 Å². The molecule has 1 aliphatic carbocycles. The molecule has 2 heterocycles. The number of ether oxygens (including phenoxy) is 1. The highest BCUT2D eigenvalue weighted by atomic mass is 16.5. The molecule has 0 bridgehead atoms. The van der Waals surface area contributed by atoms with Crippen LogP contribution in [0.25, 0.3) is 0 Å². The molecule has 1 aromatic heterocycles. The number of hydrogen-bond acceptors (Lipinski definition) is 5. The lowest BCUT2D eigenvalue weighted by Gasteiger charge is -2.32. The molecule has 0 amide bonds. The number of rotatable bonds is 4. The van der Waals surface area contributed by atoms with E-state index in [9.17, 15) is 4.79 Å². The summed E-state index contributed by atoms with van der Waals surface area (Å²) in [7, 11) is 0. The highest BCUT2D eigenvalue weighted by Crippen LogP contribution is 2.39. The molecule has 0 fully saturated rings. The molecule has 0 saturated carbocycles. The Morgan fingerprint density at radius 2 is 1.89 bits per heavy atom. The second-order valence-corrected chi connectivity index (χ2v) is 7.07. The van der Waals surface area contributed by atoms with Crippen molar-refractivity contribution in [3.8, 4) is 5.75 Å². The van der Waals surface area contributed by atoms with Crippen molar-refractivity contribution in [2.45, 2.75) is 31.9 Å². The summed E-state index contributed by atoms with van der Waals surface area (Å²) >= 11 is 0. The van der Waals surface area contributed by atoms with Crippen molar-refractivity contribution in [1.82, 2.24) is 14.8 Å². The quantitative estimate of drug-likeness (QED) is 0.753. The molecule has 1 atom stereocenters. The van der Waals surface area contributed by atoms with Crippen LogP contribution >= 0.6 is 0 Å². The molecule has 0 spiro atoms. The Hall–Kier alpha value is -3.41. The lowest BCUT2D eigenvalue weighted by atomic mass is 9.85. The molecule has 6 nitrogen and oxygen atoms in total. The highest BCUT2D eigenvalue weighted by molar-refractivity contribution is 5.99. The van der Waals surface area contributed by atoms with E-state index in [2.05, 4.69) is 15.4 Å². The van der Waals surface area contributed by atoms with Crippen molar-refractivity contribution in [3.63, 3.8) is 0 Å². The van der Waals surface area contributed by atoms with Gasteiger partial charge in [0.2, 0.25) is 5.95 Å².